The molecule has 0 atom stereocenters. The van der Waals surface area contributed by atoms with Gasteiger partial charge in [-0.15, -0.1) is 5.10 Å². The Bertz CT molecular complexity index is 729. The summed E-state index contributed by atoms with van der Waals surface area (Å²) in [5.41, 5.74) is 3.03. The van der Waals surface area contributed by atoms with Crippen LogP contribution in [0.5, 0.6) is 0 Å². The minimum absolute atomic E-state index is 0.00296. The van der Waals surface area contributed by atoms with Crippen molar-refractivity contribution in [3.05, 3.63) is 34.9 Å². The third-order valence-electron chi connectivity index (χ3n) is 3.58. The molecule has 0 N–H and O–H groups in total. The Morgan fingerprint density at radius 3 is 2.83 bits per heavy atom. The third kappa shape index (κ3) is 3.90. The summed E-state index contributed by atoms with van der Waals surface area (Å²) in [7, 11) is 0. The predicted octanol–water partition coefficient (Wildman–Crippen LogP) is 2.70. The molecule has 0 spiro atoms. The molecular weight excluding hydrogens is 329 g/mol. The van der Waals surface area contributed by atoms with Gasteiger partial charge in [-0.2, -0.15) is 13.2 Å². The number of hydrogen-bond donors (Lipinski definition) is 0. The number of thioether (sulfide) groups is 1. The Labute approximate surface area is 134 Å². The van der Waals surface area contributed by atoms with Crippen LogP contribution in [0, 0.1) is 0 Å². The second kappa shape index (κ2) is 6.31. The SMILES string of the molecule is O=C(CSc1nnnn1CC(F)(F)F)c1ccc2c(c1)CCC2. The maximum Gasteiger partial charge on any atom is 0.408 e. The second-order valence-corrected chi connectivity index (χ2v) is 6.23. The first kappa shape index (κ1) is 16.0. The van der Waals surface area contributed by atoms with Gasteiger partial charge in [0.05, 0.1) is 5.75 Å². The number of aromatic nitrogens is 4. The second-order valence-electron chi connectivity index (χ2n) is 5.28. The quantitative estimate of drug-likeness (QED) is 0.618. The van der Waals surface area contributed by atoms with Gasteiger partial charge in [-0.25, -0.2) is 4.68 Å². The maximum atomic E-state index is 12.4. The Balaban J connectivity index is 1.65. The van der Waals surface area contributed by atoms with Crippen molar-refractivity contribution in [3.8, 4) is 0 Å². The van der Waals surface area contributed by atoms with Crippen LogP contribution in [-0.2, 0) is 19.4 Å². The van der Waals surface area contributed by atoms with Gasteiger partial charge in [0.1, 0.15) is 6.54 Å². The van der Waals surface area contributed by atoms with E-state index in [1.807, 2.05) is 12.1 Å². The van der Waals surface area contributed by atoms with Gasteiger partial charge >= 0.3 is 6.18 Å². The zero-order chi connectivity index (χ0) is 16.4. The van der Waals surface area contributed by atoms with E-state index < -0.39 is 12.7 Å². The summed E-state index contributed by atoms with van der Waals surface area (Å²) in [4.78, 5) is 12.2. The summed E-state index contributed by atoms with van der Waals surface area (Å²) in [6.07, 6.45) is -1.32. The van der Waals surface area contributed by atoms with Crippen molar-refractivity contribution < 1.29 is 18.0 Å². The van der Waals surface area contributed by atoms with Gasteiger partial charge in [0.2, 0.25) is 5.16 Å². The number of hydrogen-bond acceptors (Lipinski definition) is 5. The topological polar surface area (TPSA) is 60.7 Å². The van der Waals surface area contributed by atoms with E-state index in [9.17, 15) is 18.0 Å². The average molecular weight is 342 g/mol. The van der Waals surface area contributed by atoms with Crippen LogP contribution in [0.15, 0.2) is 23.4 Å². The van der Waals surface area contributed by atoms with Gasteiger partial charge in [0, 0.05) is 5.56 Å². The highest BCUT2D eigenvalue weighted by molar-refractivity contribution is 7.99. The molecule has 1 heterocycles. The summed E-state index contributed by atoms with van der Waals surface area (Å²) in [6, 6.07) is 5.60. The van der Waals surface area contributed by atoms with Crippen LogP contribution in [-0.4, -0.2) is 37.9 Å². The lowest BCUT2D eigenvalue weighted by Crippen LogP contribution is -2.19. The van der Waals surface area contributed by atoms with E-state index in [2.05, 4.69) is 15.5 Å². The van der Waals surface area contributed by atoms with E-state index >= 15 is 0 Å². The molecule has 1 aromatic heterocycles. The molecule has 0 unspecified atom stereocenters. The number of aryl methyl sites for hydroxylation is 2. The maximum absolute atomic E-state index is 12.4. The van der Waals surface area contributed by atoms with Crippen LogP contribution in [0.2, 0.25) is 0 Å². The van der Waals surface area contributed by atoms with Gasteiger partial charge in [0.15, 0.2) is 5.78 Å². The van der Waals surface area contributed by atoms with Gasteiger partial charge in [0.25, 0.3) is 0 Å². The molecule has 1 aliphatic rings. The molecule has 1 aliphatic carbocycles. The van der Waals surface area contributed by atoms with E-state index in [-0.39, 0.29) is 16.7 Å². The molecule has 0 fully saturated rings. The zero-order valence-electron chi connectivity index (χ0n) is 12.0. The lowest BCUT2D eigenvalue weighted by molar-refractivity contribution is -0.144. The Morgan fingerprint density at radius 1 is 1.26 bits per heavy atom. The van der Waals surface area contributed by atoms with Crippen LogP contribution in [0.4, 0.5) is 13.2 Å². The molecule has 0 saturated heterocycles. The molecule has 1 aromatic carbocycles. The van der Waals surface area contributed by atoms with E-state index in [4.69, 9.17) is 0 Å². The van der Waals surface area contributed by atoms with Crippen LogP contribution in [0.3, 0.4) is 0 Å². The van der Waals surface area contributed by atoms with Gasteiger partial charge in [-0.1, -0.05) is 23.9 Å². The molecule has 0 radical (unpaired) electrons. The number of ketones is 1. The molecule has 2 aromatic rings. The molecule has 3 rings (SSSR count). The van der Waals surface area contributed by atoms with E-state index in [1.165, 1.54) is 11.1 Å². The normalized spacial score (nSPS) is 14.0. The fraction of sp³-hybridized carbons (Fsp3) is 0.429. The molecule has 23 heavy (non-hydrogen) atoms. The molecule has 0 aliphatic heterocycles. The van der Waals surface area contributed by atoms with Gasteiger partial charge < -0.3 is 0 Å². The van der Waals surface area contributed by atoms with E-state index in [0.717, 1.165) is 31.0 Å². The van der Waals surface area contributed by atoms with E-state index in [1.54, 1.807) is 6.07 Å². The lowest BCUT2D eigenvalue weighted by atomic mass is 10.0. The van der Waals surface area contributed by atoms with Crippen molar-refractivity contribution in [1.29, 1.82) is 0 Å². The monoisotopic (exact) mass is 342 g/mol. The van der Waals surface area contributed by atoms with Crippen LogP contribution < -0.4 is 0 Å². The summed E-state index contributed by atoms with van der Waals surface area (Å²) < 4.78 is 37.8. The summed E-state index contributed by atoms with van der Waals surface area (Å²) in [6.45, 7) is -1.27. The van der Waals surface area contributed by atoms with Gasteiger partial charge in [-0.05, 0) is 46.9 Å². The minimum Gasteiger partial charge on any atom is -0.293 e. The van der Waals surface area contributed by atoms with Crippen molar-refractivity contribution >= 4 is 17.5 Å². The van der Waals surface area contributed by atoms with Crippen molar-refractivity contribution in [2.24, 2.45) is 0 Å². The first-order valence-electron chi connectivity index (χ1n) is 7.03. The number of fused-ring (bicyclic) bond motifs is 1. The minimum atomic E-state index is -4.41. The van der Waals surface area contributed by atoms with Crippen LogP contribution in [0.25, 0.3) is 0 Å². The van der Waals surface area contributed by atoms with Crippen molar-refractivity contribution in [2.75, 3.05) is 5.75 Å². The standard InChI is InChI=1S/C14H13F3N4OS/c15-14(16,17)8-21-13(18-19-20-21)23-7-12(22)11-5-4-9-2-1-3-10(9)6-11/h4-6H,1-3,7-8H2. The molecule has 9 heteroatoms. The van der Waals surface area contributed by atoms with Crippen molar-refractivity contribution in [1.82, 2.24) is 20.2 Å². The Hall–Kier alpha value is -1.90. The van der Waals surface area contributed by atoms with E-state index in [0.29, 0.717) is 10.2 Å². The number of nitrogens with zero attached hydrogens (tertiary/aromatic N) is 4. The number of carbonyl (C=O) groups excluding carboxylic acids is 1. The molecule has 0 amide bonds. The third-order valence-corrected chi connectivity index (χ3v) is 4.54. The number of benzene rings is 1. The first-order valence-corrected chi connectivity index (χ1v) is 8.02. The highest BCUT2D eigenvalue weighted by atomic mass is 32.2. The number of carbonyl (C=O) groups is 1. The smallest absolute Gasteiger partial charge is 0.293 e. The first-order chi connectivity index (χ1) is 10.9. The van der Waals surface area contributed by atoms with Crippen molar-refractivity contribution in [3.63, 3.8) is 0 Å². The van der Waals surface area contributed by atoms with Crippen molar-refractivity contribution in [2.45, 2.75) is 37.1 Å². The fourth-order valence-corrected chi connectivity index (χ4v) is 3.30. The number of alkyl halides is 3. The zero-order valence-corrected chi connectivity index (χ0v) is 12.8. The number of tetrazole rings is 1. The Kier molecular flexibility index (Phi) is 4.38. The lowest BCUT2D eigenvalue weighted by Gasteiger charge is -2.07. The highest BCUT2D eigenvalue weighted by Crippen LogP contribution is 2.25. The summed E-state index contributed by atoms with van der Waals surface area (Å²) in [5.74, 6) is -0.150. The molecule has 0 saturated carbocycles. The summed E-state index contributed by atoms with van der Waals surface area (Å²) in [5, 5.41) is 10.1. The average Bonchev–Trinajstić information content (AvgIpc) is 3.11. The predicted molar refractivity (Wildman–Crippen MR) is 77.4 cm³/mol. The molecule has 5 nitrogen and oxygen atoms in total. The van der Waals surface area contributed by atoms with Gasteiger partial charge in [-0.3, -0.25) is 4.79 Å². The highest BCUT2D eigenvalue weighted by Gasteiger charge is 2.30. The molecule has 122 valence electrons. The number of Topliss-reactive ketones (excluding diaryl/α,β-unsaturated/α-hetero) is 1. The molecule has 0 bridgehead atoms. The number of halogens is 3. The summed E-state index contributed by atoms with van der Waals surface area (Å²) >= 11 is 0.908. The Morgan fingerprint density at radius 2 is 2.04 bits per heavy atom. The molecular formula is C14H13F3N4OS. The number of rotatable bonds is 5. The van der Waals surface area contributed by atoms with Crippen LogP contribution >= 0.6 is 11.8 Å². The largest absolute Gasteiger partial charge is 0.408 e. The van der Waals surface area contributed by atoms with Crippen LogP contribution in [0.1, 0.15) is 27.9 Å². The fourth-order valence-electron chi connectivity index (χ4n) is 2.53.